The van der Waals surface area contributed by atoms with Crippen LogP contribution >= 0.6 is 0 Å². The van der Waals surface area contributed by atoms with Crippen molar-refractivity contribution in [2.75, 3.05) is 6.61 Å². The Hall–Kier alpha value is -2.29. The third kappa shape index (κ3) is 2.69. The first-order valence-corrected chi connectivity index (χ1v) is 5.74. The van der Waals surface area contributed by atoms with Crippen LogP contribution in [0.1, 0.15) is 6.92 Å². The lowest BCUT2D eigenvalue weighted by Crippen LogP contribution is -2.02. The molecule has 0 saturated heterocycles. The highest BCUT2D eigenvalue weighted by Gasteiger charge is 2.02. The Kier molecular flexibility index (Phi) is 3.63. The summed E-state index contributed by atoms with van der Waals surface area (Å²) in [6, 6.07) is 11.2. The van der Waals surface area contributed by atoms with E-state index in [1.807, 2.05) is 37.3 Å². The number of hydrogen-bond donors (Lipinski definition) is 0. The fourth-order valence-corrected chi connectivity index (χ4v) is 1.68. The summed E-state index contributed by atoms with van der Waals surface area (Å²) in [5.74, 6) is 0.887. The van der Waals surface area contributed by atoms with Crippen LogP contribution in [0.2, 0.25) is 0 Å². The lowest BCUT2D eigenvalue weighted by atomic mass is 10.1. The summed E-state index contributed by atoms with van der Waals surface area (Å²) in [4.78, 5) is 11.1. The molecular formula is C15H14O3. The minimum atomic E-state index is -0.458. The molecule has 2 rings (SSSR count). The van der Waals surface area contributed by atoms with Crippen LogP contribution in [0.15, 0.2) is 49.1 Å². The van der Waals surface area contributed by atoms with Crippen molar-refractivity contribution in [1.29, 1.82) is 0 Å². The van der Waals surface area contributed by atoms with Crippen molar-refractivity contribution in [2.45, 2.75) is 6.92 Å². The first-order chi connectivity index (χ1) is 8.72. The van der Waals surface area contributed by atoms with E-state index in [0.717, 1.165) is 22.6 Å². The van der Waals surface area contributed by atoms with Crippen molar-refractivity contribution < 1.29 is 14.3 Å². The van der Waals surface area contributed by atoms with Gasteiger partial charge in [0.25, 0.3) is 0 Å². The maximum atomic E-state index is 11.1. The van der Waals surface area contributed by atoms with Crippen LogP contribution in [0.25, 0.3) is 10.8 Å². The number of esters is 1. The van der Waals surface area contributed by atoms with Gasteiger partial charge in [0.05, 0.1) is 6.61 Å². The average Bonchev–Trinajstić information content (AvgIpc) is 2.39. The smallest absolute Gasteiger partial charge is 0.335 e. The number of hydrogen-bond acceptors (Lipinski definition) is 3. The zero-order chi connectivity index (χ0) is 13.0. The van der Waals surface area contributed by atoms with Gasteiger partial charge < -0.3 is 9.47 Å². The summed E-state index contributed by atoms with van der Waals surface area (Å²) in [6.45, 7) is 5.95. The van der Waals surface area contributed by atoms with Crippen molar-refractivity contribution in [3.63, 3.8) is 0 Å². The van der Waals surface area contributed by atoms with E-state index in [2.05, 4.69) is 6.58 Å². The summed E-state index contributed by atoms with van der Waals surface area (Å²) in [5.41, 5.74) is 0. The molecule has 0 heterocycles. The highest BCUT2D eigenvalue weighted by Crippen LogP contribution is 2.25. The molecule has 2 aromatic carbocycles. The molecule has 0 N–H and O–H groups in total. The van der Waals surface area contributed by atoms with E-state index in [4.69, 9.17) is 9.47 Å². The van der Waals surface area contributed by atoms with Crippen LogP contribution in [0.3, 0.4) is 0 Å². The van der Waals surface area contributed by atoms with Crippen LogP contribution in [0, 0.1) is 0 Å². The Morgan fingerprint density at radius 1 is 1.17 bits per heavy atom. The van der Waals surface area contributed by atoms with Gasteiger partial charge in [-0.2, -0.15) is 0 Å². The molecular weight excluding hydrogens is 228 g/mol. The molecule has 0 fully saturated rings. The monoisotopic (exact) mass is 242 g/mol. The molecule has 0 unspecified atom stereocenters. The van der Waals surface area contributed by atoms with Gasteiger partial charge in [0.1, 0.15) is 11.5 Å². The van der Waals surface area contributed by atoms with E-state index in [1.165, 1.54) is 0 Å². The average molecular weight is 242 g/mol. The Morgan fingerprint density at radius 3 is 2.39 bits per heavy atom. The maximum Gasteiger partial charge on any atom is 0.335 e. The number of ether oxygens (including phenoxy) is 2. The van der Waals surface area contributed by atoms with Crippen molar-refractivity contribution in [3.8, 4) is 11.5 Å². The molecule has 0 bridgehead atoms. The number of carbonyl (C=O) groups is 1. The van der Waals surface area contributed by atoms with Crippen molar-refractivity contribution in [3.05, 3.63) is 49.1 Å². The molecule has 0 aliphatic rings. The van der Waals surface area contributed by atoms with Gasteiger partial charge in [-0.25, -0.2) is 4.79 Å². The number of benzene rings is 2. The summed E-state index contributed by atoms with van der Waals surface area (Å²) < 4.78 is 10.5. The molecule has 0 aliphatic carbocycles. The quantitative estimate of drug-likeness (QED) is 0.468. The second kappa shape index (κ2) is 5.36. The Bertz CT molecular complexity index is 587. The van der Waals surface area contributed by atoms with E-state index in [-0.39, 0.29) is 0 Å². The van der Waals surface area contributed by atoms with Gasteiger partial charge in [0.2, 0.25) is 0 Å². The first-order valence-electron chi connectivity index (χ1n) is 5.74. The molecule has 92 valence electrons. The van der Waals surface area contributed by atoms with E-state index < -0.39 is 5.97 Å². The second-order valence-electron chi connectivity index (χ2n) is 3.73. The van der Waals surface area contributed by atoms with Crippen LogP contribution in [-0.2, 0) is 4.79 Å². The van der Waals surface area contributed by atoms with Gasteiger partial charge in [-0.15, -0.1) is 0 Å². The third-order valence-corrected chi connectivity index (χ3v) is 2.48. The largest absolute Gasteiger partial charge is 0.494 e. The molecule has 0 radical (unpaired) electrons. The molecule has 0 amide bonds. The lowest BCUT2D eigenvalue weighted by molar-refractivity contribution is -0.128. The summed E-state index contributed by atoms with van der Waals surface area (Å²) in [6.07, 6.45) is 1.14. The van der Waals surface area contributed by atoms with Gasteiger partial charge in [-0.3, -0.25) is 0 Å². The summed E-state index contributed by atoms with van der Waals surface area (Å²) in [5, 5.41) is 2.03. The van der Waals surface area contributed by atoms with Crippen LogP contribution < -0.4 is 9.47 Å². The minimum Gasteiger partial charge on any atom is -0.494 e. The van der Waals surface area contributed by atoms with Crippen LogP contribution in [0.5, 0.6) is 11.5 Å². The van der Waals surface area contributed by atoms with E-state index in [1.54, 1.807) is 6.07 Å². The zero-order valence-electron chi connectivity index (χ0n) is 10.2. The number of fused-ring (bicyclic) bond motifs is 1. The Labute approximate surface area is 106 Å². The topological polar surface area (TPSA) is 35.5 Å². The van der Waals surface area contributed by atoms with E-state index >= 15 is 0 Å². The standard InChI is InChI=1S/C15H14O3/c1-3-15(16)18-14-8-6-11-9-13(17-4-2)7-5-12(11)10-14/h3,5-10H,1,4H2,2H3. The molecule has 0 saturated carbocycles. The van der Waals surface area contributed by atoms with Gasteiger partial charge in [-0.05, 0) is 42.0 Å². The minimum absolute atomic E-state index is 0.458. The fourth-order valence-electron chi connectivity index (χ4n) is 1.68. The van der Waals surface area contributed by atoms with Crippen molar-refractivity contribution in [2.24, 2.45) is 0 Å². The number of carbonyl (C=O) groups excluding carboxylic acids is 1. The Balaban J connectivity index is 2.32. The fraction of sp³-hybridized carbons (Fsp3) is 0.133. The highest BCUT2D eigenvalue weighted by atomic mass is 16.5. The lowest BCUT2D eigenvalue weighted by Gasteiger charge is -2.06. The van der Waals surface area contributed by atoms with E-state index in [0.29, 0.717) is 12.4 Å². The molecule has 18 heavy (non-hydrogen) atoms. The van der Waals surface area contributed by atoms with Crippen molar-refractivity contribution in [1.82, 2.24) is 0 Å². The van der Waals surface area contributed by atoms with Gasteiger partial charge in [-0.1, -0.05) is 18.7 Å². The molecule has 0 atom stereocenters. The predicted octanol–water partition coefficient (Wildman–Crippen LogP) is 3.33. The summed E-state index contributed by atoms with van der Waals surface area (Å²) >= 11 is 0. The molecule has 2 aromatic rings. The summed E-state index contributed by atoms with van der Waals surface area (Å²) in [7, 11) is 0. The van der Waals surface area contributed by atoms with Crippen molar-refractivity contribution >= 4 is 16.7 Å². The third-order valence-electron chi connectivity index (χ3n) is 2.48. The van der Waals surface area contributed by atoms with Gasteiger partial charge >= 0.3 is 5.97 Å². The van der Waals surface area contributed by atoms with Gasteiger partial charge in [0, 0.05) is 6.08 Å². The highest BCUT2D eigenvalue weighted by molar-refractivity contribution is 5.87. The van der Waals surface area contributed by atoms with E-state index in [9.17, 15) is 4.79 Å². The molecule has 3 nitrogen and oxygen atoms in total. The molecule has 0 aromatic heterocycles. The normalized spacial score (nSPS) is 10.1. The zero-order valence-corrected chi connectivity index (χ0v) is 10.2. The number of rotatable bonds is 4. The molecule has 0 aliphatic heterocycles. The Morgan fingerprint density at radius 2 is 1.78 bits per heavy atom. The maximum absolute atomic E-state index is 11.1. The molecule has 3 heteroatoms. The van der Waals surface area contributed by atoms with Gasteiger partial charge in [0.15, 0.2) is 0 Å². The van der Waals surface area contributed by atoms with Crippen LogP contribution in [-0.4, -0.2) is 12.6 Å². The first kappa shape index (κ1) is 12.2. The second-order valence-corrected chi connectivity index (χ2v) is 3.73. The predicted molar refractivity (Wildman–Crippen MR) is 70.9 cm³/mol. The SMILES string of the molecule is C=CC(=O)Oc1ccc2cc(OCC)ccc2c1. The van der Waals surface area contributed by atoms with Crippen LogP contribution in [0.4, 0.5) is 0 Å². The molecule has 0 spiro atoms.